The lowest BCUT2D eigenvalue weighted by Gasteiger charge is -2.35. The molecule has 2 unspecified atom stereocenters. The minimum atomic E-state index is -1.01. The number of aliphatic carboxylic acids is 1. The Balaban J connectivity index is 2.20. The summed E-state index contributed by atoms with van der Waals surface area (Å²) >= 11 is 0. The normalized spacial score (nSPS) is 26.6. The van der Waals surface area contributed by atoms with Gasteiger partial charge in [-0.25, -0.2) is 9.59 Å². The quantitative estimate of drug-likeness (QED) is 0.783. The van der Waals surface area contributed by atoms with Crippen LogP contribution >= 0.6 is 0 Å². The number of alkyl carbamates (subject to hydrolysis) is 1. The fraction of sp³-hybridized carbons (Fsp3) is 0.800. The number of carbonyl (C=O) groups is 3. The number of ether oxygens (including phenoxy) is 2. The lowest BCUT2D eigenvalue weighted by atomic mass is 9.90. The number of nitrogens with zero attached hydrogens (tertiary/aromatic N) is 1. The fourth-order valence-electron chi connectivity index (χ4n) is 3.37. The van der Waals surface area contributed by atoms with E-state index in [4.69, 9.17) is 4.74 Å². The van der Waals surface area contributed by atoms with Crippen molar-refractivity contribution in [3.63, 3.8) is 0 Å². The Labute approximate surface area is 135 Å². The third-order valence-corrected chi connectivity index (χ3v) is 4.67. The van der Waals surface area contributed by atoms with Gasteiger partial charge in [-0.1, -0.05) is 0 Å². The van der Waals surface area contributed by atoms with Crippen LogP contribution in [0.5, 0.6) is 0 Å². The Bertz CT molecular complexity index is 463. The van der Waals surface area contributed by atoms with E-state index in [1.165, 1.54) is 12.0 Å². The van der Waals surface area contributed by atoms with Gasteiger partial charge in [0, 0.05) is 19.3 Å². The van der Waals surface area contributed by atoms with Gasteiger partial charge in [-0.05, 0) is 38.5 Å². The molecular formula is C15H24N2O6. The second kappa shape index (κ2) is 7.63. The van der Waals surface area contributed by atoms with Crippen LogP contribution in [0, 0.1) is 5.92 Å². The predicted molar refractivity (Wildman–Crippen MR) is 79.8 cm³/mol. The molecule has 0 aromatic carbocycles. The van der Waals surface area contributed by atoms with Crippen LogP contribution in [0.2, 0.25) is 0 Å². The zero-order valence-corrected chi connectivity index (χ0v) is 13.5. The standard InChI is InChI=1S/C15H24N2O6/c1-9-3-4-11(14(19)20)17(9)13(18)12(16-15(21)22-2)10-5-7-23-8-6-10/h9-12H,3-8H2,1-2H3,(H,16,21)(H,19,20)/t9?,11?,12-/m0/s1. The highest BCUT2D eigenvalue weighted by Crippen LogP contribution is 2.28. The summed E-state index contributed by atoms with van der Waals surface area (Å²) in [5.74, 6) is -1.44. The molecule has 3 atom stereocenters. The number of carboxylic acid groups (broad SMARTS) is 1. The highest BCUT2D eigenvalue weighted by Gasteiger charge is 2.43. The third-order valence-electron chi connectivity index (χ3n) is 4.67. The molecule has 2 heterocycles. The maximum Gasteiger partial charge on any atom is 0.407 e. The highest BCUT2D eigenvalue weighted by molar-refractivity contribution is 5.90. The van der Waals surface area contributed by atoms with Crippen LogP contribution in [-0.2, 0) is 19.1 Å². The average molecular weight is 328 g/mol. The highest BCUT2D eigenvalue weighted by atomic mass is 16.5. The first-order chi connectivity index (χ1) is 11.0. The summed E-state index contributed by atoms with van der Waals surface area (Å²) in [6, 6.07) is -1.78. The number of nitrogens with one attached hydrogen (secondary N) is 1. The molecule has 2 fully saturated rings. The van der Waals surface area contributed by atoms with Crippen molar-refractivity contribution < 1.29 is 29.0 Å². The van der Waals surface area contributed by atoms with E-state index in [0.29, 0.717) is 38.9 Å². The zero-order chi connectivity index (χ0) is 17.0. The van der Waals surface area contributed by atoms with E-state index in [1.807, 2.05) is 6.92 Å². The maximum atomic E-state index is 13.0. The van der Waals surface area contributed by atoms with Crippen molar-refractivity contribution in [2.24, 2.45) is 5.92 Å². The summed E-state index contributed by atoms with van der Waals surface area (Å²) in [5, 5.41) is 11.9. The lowest BCUT2D eigenvalue weighted by molar-refractivity contribution is -0.151. The molecule has 2 aliphatic rings. The molecule has 2 rings (SSSR count). The van der Waals surface area contributed by atoms with Crippen molar-refractivity contribution in [3.8, 4) is 0 Å². The van der Waals surface area contributed by atoms with Gasteiger partial charge >= 0.3 is 12.1 Å². The first-order valence-corrected chi connectivity index (χ1v) is 7.93. The molecule has 2 saturated heterocycles. The van der Waals surface area contributed by atoms with Crippen molar-refractivity contribution in [3.05, 3.63) is 0 Å². The summed E-state index contributed by atoms with van der Waals surface area (Å²) in [7, 11) is 1.24. The van der Waals surface area contributed by atoms with Gasteiger partial charge < -0.3 is 24.8 Å². The number of rotatable bonds is 4. The van der Waals surface area contributed by atoms with E-state index in [-0.39, 0.29) is 17.9 Å². The molecule has 2 N–H and O–H groups in total. The Morgan fingerprint density at radius 2 is 1.87 bits per heavy atom. The molecule has 0 aliphatic carbocycles. The van der Waals surface area contributed by atoms with Crippen molar-refractivity contribution in [2.45, 2.75) is 50.7 Å². The smallest absolute Gasteiger partial charge is 0.407 e. The summed E-state index contributed by atoms with van der Waals surface area (Å²) in [6.45, 7) is 2.88. The number of amides is 2. The minimum absolute atomic E-state index is 0.0856. The van der Waals surface area contributed by atoms with E-state index in [0.717, 1.165) is 0 Å². The Kier molecular flexibility index (Phi) is 5.81. The van der Waals surface area contributed by atoms with Gasteiger partial charge in [0.2, 0.25) is 5.91 Å². The number of carboxylic acids is 1. The van der Waals surface area contributed by atoms with Gasteiger partial charge in [-0.2, -0.15) is 0 Å². The van der Waals surface area contributed by atoms with Crippen molar-refractivity contribution >= 4 is 18.0 Å². The summed E-state index contributed by atoms with van der Waals surface area (Å²) in [4.78, 5) is 37.4. The van der Waals surface area contributed by atoms with Crippen LogP contribution in [0.1, 0.15) is 32.6 Å². The fourth-order valence-corrected chi connectivity index (χ4v) is 3.37. The van der Waals surface area contributed by atoms with Crippen molar-refractivity contribution in [2.75, 3.05) is 20.3 Å². The molecule has 2 aliphatic heterocycles. The summed E-state index contributed by atoms with van der Waals surface area (Å²) in [5.41, 5.74) is 0. The van der Waals surface area contributed by atoms with E-state index in [9.17, 15) is 19.5 Å². The second-order valence-corrected chi connectivity index (χ2v) is 6.09. The average Bonchev–Trinajstić information content (AvgIpc) is 2.94. The number of methoxy groups -OCH3 is 1. The van der Waals surface area contributed by atoms with Crippen LogP contribution < -0.4 is 5.32 Å². The second-order valence-electron chi connectivity index (χ2n) is 6.09. The van der Waals surface area contributed by atoms with Gasteiger partial charge in [0.25, 0.3) is 0 Å². The van der Waals surface area contributed by atoms with Crippen LogP contribution in [-0.4, -0.2) is 66.4 Å². The number of likely N-dealkylation sites (tertiary alicyclic amines) is 1. The Hall–Kier alpha value is -1.83. The van der Waals surface area contributed by atoms with Crippen LogP contribution in [0.3, 0.4) is 0 Å². The third kappa shape index (κ3) is 3.93. The van der Waals surface area contributed by atoms with E-state index in [1.54, 1.807) is 0 Å². The maximum absolute atomic E-state index is 13.0. The zero-order valence-electron chi connectivity index (χ0n) is 13.5. The first kappa shape index (κ1) is 17.5. The van der Waals surface area contributed by atoms with E-state index >= 15 is 0 Å². The monoisotopic (exact) mass is 328 g/mol. The molecular weight excluding hydrogens is 304 g/mol. The molecule has 0 saturated carbocycles. The molecule has 0 bridgehead atoms. The van der Waals surface area contributed by atoms with E-state index < -0.39 is 24.1 Å². The topological polar surface area (TPSA) is 105 Å². The number of hydrogen-bond acceptors (Lipinski definition) is 5. The van der Waals surface area contributed by atoms with Crippen LogP contribution in [0.4, 0.5) is 4.79 Å². The summed E-state index contributed by atoms with van der Waals surface area (Å²) in [6.07, 6.45) is 1.66. The van der Waals surface area contributed by atoms with Gasteiger partial charge in [-0.15, -0.1) is 0 Å². The molecule has 2 amide bonds. The molecule has 8 heteroatoms. The molecule has 0 spiro atoms. The molecule has 0 radical (unpaired) electrons. The minimum Gasteiger partial charge on any atom is -0.480 e. The molecule has 23 heavy (non-hydrogen) atoms. The lowest BCUT2D eigenvalue weighted by Crippen LogP contribution is -2.56. The van der Waals surface area contributed by atoms with Crippen molar-refractivity contribution in [1.29, 1.82) is 0 Å². The van der Waals surface area contributed by atoms with Gasteiger partial charge in [0.1, 0.15) is 12.1 Å². The number of hydrogen-bond donors (Lipinski definition) is 2. The van der Waals surface area contributed by atoms with Gasteiger partial charge in [0.15, 0.2) is 0 Å². The Morgan fingerprint density at radius 1 is 1.22 bits per heavy atom. The summed E-state index contributed by atoms with van der Waals surface area (Å²) < 4.78 is 9.92. The first-order valence-electron chi connectivity index (χ1n) is 7.93. The van der Waals surface area contributed by atoms with E-state index in [2.05, 4.69) is 10.1 Å². The predicted octanol–water partition coefficient (Wildman–Crippen LogP) is 0.602. The van der Waals surface area contributed by atoms with Gasteiger partial charge in [-0.3, -0.25) is 4.79 Å². The molecule has 0 aromatic rings. The Morgan fingerprint density at radius 3 is 2.43 bits per heavy atom. The molecule has 0 aromatic heterocycles. The molecule has 130 valence electrons. The van der Waals surface area contributed by atoms with Crippen molar-refractivity contribution in [1.82, 2.24) is 10.2 Å². The largest absolute Gasteiger partial charge is 0.480 e. The van der Waals surface area contributed by atoms with Crippen LogP contribution in [0.15, 0.2) is 0 Å². The molecule has 8 nitrogen and oxygen atoms in total. The SMILES string of the molecule is COC(=O)N[C@H](C(=O)N1C(C)CCC1C(=O)O)C1CCOCC1. The van der Waals surface area contributed by atoms with Crippen LogP contribution in [0.25, 0.3) is 0 Å². The number of carbonyl (C=O) groups excluding carboxylic acids is 2. The van der Waals surface area contributed by atoms with Gasteiger partial charge in [0.05, 0.1) is 7.11 Å².